The van der Waals surface area contributed by atoms with Crippen LogP contribution in [0.25, 0.3) is 39.2 Å². The Morgan fingerprint density at radius 2 is 1.08 bits per heavy atom. The summed E-state index contributed by atoms with van der Waals surface area (Å²) < 4.78 is 2.15. The zero-order valence-corrected chi connectivity index (χ0v) is 26.2. The predicted octanol–water partition coefficient (Wildman–Crippen LogP) is 11.3. The van der Waals surface area contributed by atoms with Gasteiger partial charge in [-0.15, -0.1) is 0 Å². The number of imidazole rings is 1. The Morgan fingerprint density at radius 1 is 0.500 bits per heavy atom. The smallest absolute Gasteiger partial charge is 0.139 e. The van der Waals surface area contributed by atoms with Crippen molar-refractivity contribution in [3.63, 3.8) is 0 Å². The van der Waals surface area contributed by atoms with Crippen molar-refractivity contribution < 1.29 is 0 Å². The Kier molecular flexibility index (Phi) is 6.83. The number of benzene rings is 6. The van der Waals surface area contributed by atoms with E-state index in [1.54, 1.807) is 0 Å². The van der Waals surface area contributed by atoms with Crippen LogP contribution in [0, 0.1) is 0 Å². The first-order chi connectivity index (χ1) is 23.8. The van der Waals surface area contributed by atoms with Gasteiger partial charge in [-0.05, 0) is 81.9 Å². The molecule has 0 amide bonds. The molecule has 8 aromatic rings. The standard InChI is InChI=1S/C44H32N4/c1-3-12-31(13-4-1)33-21-25-36(26-22-33)48(37-27-23-34(24-28-37)32-14-5-2-6-15-32)38-17-11-16-35(30-38)42-39-18-7-8-19-40(39)43-44(46-42)47-29-10-9-20-41(47)45-43/h1-30,42,46H. The van der Waals surface area contributed by atoms with Crippen LogP contribution in [0.1, 0.15) is 17.2 Å². The van der Waals surface area contributed by atoms with Crippen molar-refractivity contribution in [2.45, 2.75) is 6.04 Å². The number of anilines is 4. The van der Waals surface area contributed by atoms with E-state index in [0.29, 0.717) is 0 Å². The van der Waals surface area contributed by atoms with Gasteiger partial charge < -0.3 is 10.2 Å². The van der Waals surface area contributed by atoms with Gasteiger partial charge in [-0.1, -0.05) is 127 Å². The van der Waals surface area contributed by atoms with E-state index < -0.39 is 0 Å². The zero-order chi connectivity index (χ0) is 31.9. The molecule has 1 aliphatic heterocycles. The maximum absolute atomic E-state index is 5.00. The van der Waals surface area contributed by atoms with E-state index in [0.717, 1.165) is 39.8 Å². The minimum Gasteiger partial charge on any atom is -0.358 e. The molecule has 0 bridgehead atoms. The lowest BCUT2D eigenvalue weighted by molar-refractivity contribution is 0.909. The maximum atomic E-state index is 5.00. The third-order valence-corrected chi connectivity index (χ3v) is 9.26. The molecule has 6 aromatic carbocycles. The van der Waals surface area contributed by atoms with Crippen LogP contribution >= 0.6 is 0 Å². The van der Waals surface area contributed by atoms with Crippen molar-refractivity contribution in [2.75, 3.05) is 10.2 Å². The highest BCUT2D eigenvalue weighted by Crippen LogP contribution is 2.44. The minimum absolute atomic E-state index is 0.0449. The molecular formula is C44H32N4. The highest BCUT2D eigenvalue weighted by atomic mass is 15.2. The normalized spacial score (nSPS) is 13.4. The molecule has 1 aliphatic rings. The van der Waals surface area contributed by atoms with Gasteiger partial charge in [0.15, 0.2) is 0 Å². The van der Waals surface area contributed by atoms with Crippen molar-refractivity contribution in [3.8, 4) is 33.5 Å². The molecule has 9 rings (SSSR count). The topological polar surface area (TPSA) is 32.6 Å². The molecule has 4 nitrogen and oxygen atoms in total. The first-order valence-electron chi connectivity index (χ1n) is 16.3. The number of nitrogens with zero attached hydrogens (tertiary/aromatic N) is 3. The highest BCUT2D eigenvalue weighted by molar-refractivity contribution is 5.84. The average molecular weight is 617 g/mol. The van der Waals surface area contributed by atoms with Gasteiger partial charge >= 0.3 is 0 Å². The van der Waals surface area contributed by atoms with Gasteiger partial charge in [0.1, 0.15) is 17.2 Å². The summed E-state index contributed by atoms with van der Waals surface area (Å²) in [7, 11) is 0. The Morgan fingerprint density at radius 3 is 1.75 bits per heavy atom. The van der Waals surface area contributed by atoms with E-state index in [-0.39, 0.29) is 6.04 Å². The molecular weight excluding hydrogens is 585 g/mol. The fourth-order valence-electron chi connectivity index (χ4n) is 6.92. The van der Waals surface area contributed by atoms with Gasteiger partial charge in [0.2, 0.25) is 0 Å². The van der Waals surface area contributed by atoms with Crippen LogP contribution in [-0.2, 0) is 0 Å². The quantitative estimate of drug-likeness (QED) is 0.202. The van der Waals surface area contributed by atoms with E-state index in [9.17, 15) is 0 Å². The summed E-state index contributed by atoms with van der Waals surface area (Å²) in [5.74, 6) is 1.02. The molecule has 1 atom stereocenters. The largest absolute Gasteiger partial charge is 0.358 e. The first-order valence-corrected chi connectivity index (χ1v) is 16.3. The third kappa shape index (κ3) is 4.91. The fourth-order valence-corrected chi connectivity index (χ4v) is 6.92. The van der Waals surface area contributed by atoms with Crippen LogP contribution in [0.15, 0.2) is 182 Å². The van der Waals surface area contributed by atoms with Crippen LogP contribution < -0.4 is 10.2 Å². The molecule has 1 N–H and O–H groups in total. The number of hydrogen-bond donors (Lipinski definition) is 1. The second kappa shape index (κ2) is 11.8. The summed E-state index contributed by atoms with van der Waals surface area (Å²) in [5, 5.41) is 3.87. The fraction of sp³-hybridized carbons (Fsp3) is 0.0227. The van der Waals surface area contributed by atoms with Crippen LogP contribution in [-0.4, -0.2) is 9.38 Å². The van der Waals surface area contributed by atoms with Gasteiger partial charge in [0, 0.05) is 28.8 Å². The van der Waals surface area contributed by atoms with Crippen LogP contribution in [0.4, 0.5) is 22.9 Å². The SMILES string of the molecule is c1ccc(-c2ccc(N(c3ccc(-c4ccccc4)cc3)c3cccc(C4Nc5c(nc6ccccn56)-c5ccccc54)c3)cc2)cc1. The summed E-state index contributed by atoms with van der Waals surface area (Å²) in [6.45, 7) is 0. The minimum atomic E-state index is -0.0449. The zero-order valence-electron chi connectivity index (χ0n) is 26.2. The van der Waals surface area contributed by atoms with Gasteiger partial charge in [-0.3, -0.25) is 4.40 Å². The van der Waals surface area contributed by atoms with E-state index in [4.69, 9.17) is 4.98 Å². The van der Waals surface area contributed by atoms with Crippen molar-refractivity contribution >= 4 is 28.5 Å². The number of rotatable bonds is 6. The van der Waals surface area contributed by atoms with Gasteiger partial charge in [0.05, 0.1) is 6.04 Å². The second-order valence-corrected chi connectivity index (χ2v) is 12.2. The Bertz CT molecular complexity index is 2280. The van der Waals surface area contributed by atoms with E-state index in [2.05, 4.69) is 191 Å². The Balaban J connectivity index is 1.15. The Labute approximate surface area is 280 Å². The number of nitrogens with one attached hydrogen (secondary N) is 1. The summed E-state index contributed by atoms with van der Waals surface area (Å²) in [4.78, 5) is 7.35. The van der Waals surface area contributed by atoms with E-state index >= 15 is 0 Å². The molecule has 4 heteroatoms. The summed E-state index contributed by atoms with van der Waals surface area (Å²) >= 11 is 0. The highest BCUT2D eigenvalue weighted by Gasteiger charge is 2.29. The first kappa shape index (κ1) is 27.9. The number of pyridine rings is 1. The molecule has 228 valence electrons. The monoisotopic (exact) mass is 616 g/mol. The molecule has 0 spiro atoms. The molecule has 48 heavy (non-hydrogen) atoms. The lowest BCUT2D eigenvalue weighted by atomic mass is 9.90. The lowest BCUT2D eigenvalue weighted by Gasteiger charge is -2.30. The van der Waals surface area contributed by atoms with E-state index in [1.807, 2.05) is 6.07 Å². The molecule has 1 unspecified atom stereocenters. The van der Waals surface area contributed by atoms with Gasteiger partial charge in [-0.2, -0.15) is 0 Å². The van der Waals surface area contributed by atoms with Crippen LogP contribution in [0.2, 0.25) is 0 Å². The number of hydrogen-bond acceptors (Lipinski definition) is 3. The second-order valence-electron chi connectivity index (χ2n) is 12.2. The van der Waals surface area contributed by atoms with Crippen molar-refractivity contribution in [1.29, 1.82) is 0 Å². The molecule has 0 aliphatic carbocycles. The van der Waals surface area contributed by atoms with Crippen LogP contribution in [0.3, 0.4) is 0 Å². The van der Waals surface area contributed by atoms with Crippen molar-refractivity contribution in [3.05, 3.63) is 193 Å². The number of aromatic nitrogens is 2. The molecule has 0 saturated heterocycles. The van der Waals surface area contributed by atoms with Crippen molar-refractivity contribution in [1.82, 2.24) is 9.38 Å². The molecule has 2 aromatic heterocycles. The third-order valence-electron chi connectivity index (χ3n) is 9.26. The van der Waals surface area contributed by atoms with Crippen LogP contribution in [0.5, 0.6) is 0 Å². The average Bonchev–Trinajstić information content (AvgIpc) is 3.55. The summed E-state index contributed by atoms with van der Waals surface area (Å²) in [6.07, 6.45) is 2.08. The Hall–Kier alpha value is -6.39. The van der Waals surface area contributed by atoms with Crippen molar-refractivity contribution in [2.24, 2.45) is 0 Å². The maximum Gasteiger partial charge on any atom is 0.139 e. The van der Waals surface area contributed by atoms with E-state index in [1.165, 1.54) is 33.4 Å². The van der Waals surface area contributed by atoms with Gasteiger partial charge in [0.25, 0.3) is 0 Å². The molecule has 0 saturated carbocycles. The molecule has 0 fully saturated rings. The molecule has 0 radical (unpaired) electrons. The predicted molar refractivity (Wildman–Crippen MR) is 198 cm³/mol. The summed E-state index contributed by atoms with van der Waals surface area (Å²) in [5.41, 5.74) is 13.6. The van der Waals surface area contributed by atoms with Gasteiger partial charge in [-0.25, -0.2) is 4.98 Å². The number of fused-ring (bicyclic) bond motifs is 5. The summed E-state index contributed by atoms with van der Waals surface area (Å²) in [6, 6.07) is 62.5. The lowest BCUT2D eigenvalue weighted by Crippen LogP contribution is -2.19. The molecule has 3 heterocycles.